The highest BCUT2D eigenvalue weighted by molar-refractivity contribution is 6.05. The molecule has 0 aliphatic heterocycles. The van der Waals surface area contributed by atoms with Gasteiger partial charge in [0.25, 0.3) is 5.91 Å². The number of hydrogen-bond acceptors (Lipinski definition) is 3. The summed E-state index contributed by atoms with van der Waals surface area (Å²) in [6.07, 6.45) is 4.08. The Kier molecular flexibility index (Phi) is 3.94. The fourth-order valence-electron chi connectivity index (χ4n) is 3.94. The monoisotopic (exact) mass is 393 g/mol. The van der Waals surface area contributed by atoms with E-state index in [0.717, 1.165) is 59.1 Å². The second-order valence-corrected chi connectivity index (χ2v) is 7.22. The number of anilines is 1. The van der Waals surface area contributed by atoms with Gasteiger partial charge in [-0.25, -0.2) is 13.5 Å². The van der Waals surface area contributed by atoms with Gasteiger partial charge in [0.05, 0.1) is 17.4 Å². The van der Waals surface area contributed by atoms with Gasteiger partial charge in [0, 0.05) is 28.4 Å². The summed E-state index contributed by atoms with van der Waals surface area (Å²) in [6.45, 7) is 1.95. The summed E-state index contributed by atoms with van der Waals surface area (Å²) in [6, 6.07) is 7.32. The summed E-state index contributed by atoms with van der Waals surface area (Å²) >= 11 is 0. The molecule has 5 rings (SSSR count). The van der Waals surface area contributed by atoms with E-state index in [1.807, 2.05) is 19.1 Å². The second-order valence-electron chi connectivity index (χ2n) is 7.22. The fourth-order valence-corrected chi connectivity index (χ4v) is 3.94. The Morgan fingerprint density at radius 3 is 2.86 bits per heavy atom. The first-order valence-electron chi connectivity index (χ1n) is 9.32. The number of nitrogens with one attached hydrogen (secondary N) is 2. The van der Waals surface area contributed by atoms with Crippen molar-refractivity contribution >= 4 is 22.5 Å². The number of carbonyl (C=O) groups excluding carboxylic acids is 1. The Labute approximate surface area is 164 Å². The van der Waals surface area contributed by atoms with E-state index in [0.29, 0.717) is 17.1 Å². The van der Waals surface area contributed by atoms with E-state index in [1.54, 1.807) is 10.9 Å². The molecule has 0 unspecified atom stereocenters. The quantitative estimate of drug-likeness (QED) is 0.551. The summed E-state index contributed by atoms with van der Waals surface area (Å²) in [7, 11) is 0. The van der Waals surface area contributed by atoms with Crippen LogP contribution in [0.1, 0.15) is 33.7 Å². The molecule has 0 saturated heterocycles. The van der Waals surface area contributed by atoms with Gasteiger partial charge in [-0.2, -0.15) is 10.2 Å². The Bertz CT molecular complexity index is 1270. The van der Waals surface area contributed by atoms with Crippen molar-refractivity contribution in [2.45, 2.75) is 26.2 Å². The molecule has 2 heterocycles. The number of aromatic amines is 1. The van der Waals surface area contributed by atoms with Crippen LogP contribution < -0.4 is 5.32 Å². The predicted octanol–water partition coefficient (Wildman–Crippen LogP) is 4.08. The molecule has 2 aromatic heterocycles. The maximum Gasteiger partial charge on any atom is 0.276 e. The SMILES string of the molecule is Cc1cc(NC(=O)c2nn(-c3ccc(F)c(F)c3)c3c2CCC3)cc2[nH]ncc12. The van der Waals surface area contributed by atoms with Crippen LogP contribution in [0.3, 0.4) is 0 Å². The summed E-state index contributed by atoms with van der Waals surface area (Å²) in [5.41, 5.74) is 4.88. The topological polar surface area (TPSA) is 75.6 Å². The molecule has 0 spiro atoms. The Morgan fingerprint density at radius 1 is 1.17 bits per heavy atom. The molecule has 6 nitrogen and oxygen atoms in total. The van der Waals surface area contributed by atoms with E-state index < -0.39 is 11.6 Å². The van der Waals surface area contributed by atoms with Gasteiger partial charge < -0.3 is 5.32 Å². The van der Waals surface area contributed by atoms with Crippen LogP contribution in [0.25, 0.3) is 16.6 Å². The van der Waals surface area contributed by atoms with Crippen LogP contribution >= 0.6 is 0 Å². The minimum atomic E-state index is -0.945. The van der Waals surface area contributed by atoms with E-state index in [1.165, 1.54) is 6.07 Å². The number of fused-ring (bicyclic) bond motifs is 2. The minimum Gasteiger partial charge on any atom is -0.321 e. The maximum atomic E-state index is 13.7. The average molecular weight is 393 g/mol. The molecular formula is C21H17F2N5O. The molecule has 1 aliphatic carbocycles. The molecule has 2 aromatic carbocycles. The van der Waals surface area contributed by atoms with Crippen LogP contribution in [-0.4, -0.2) is 25.9 Å². The standard InChI is InChI=1S/C21H17F2N5O/c1-11-7-12(8-18-15(11)10-24-26-18)25-21(29)20-14-3-2-4-19(14)28(27-20)13-5-6-16(22)17(23)9-13/h5-10H,2-4H2,1H3,(H,24,26)(H,25,29). The fraction of sp³-hybridized carbons (Fsp3) is 0.190. The smallest absolute Gasteiger partial charge is 0.276 e. The molecule has 0 saturated carbocycles. The largest absolute Gasteiger partial charge is 0.321 e. The molecule has 0 atom stereocenters. The number of aromatic nitrogens is 4. The van der Waals surface area contributed by atoms with Gasteiger partial charge in [0.2, 0.25) is 0 Å². The molecule has 8 heteroatoms. The van der Waals surface area contributed by atoms with Crippen molar-refractivity contribution < 1.29 is 13.6 Å². The van der Waals surface area contributed by atoms with Gasteiger partial charge >= 0.3 is 0 Å². The van der Waals surface area contributed by atoms with Crippen molar-refractivity contribution in [1.82, 2.24) is 20.0 Å². The lowest BCUT2D eigenvalue weighted by Crippen LogP contribution is -2.15. The van der Waals surface area contributed by atoms with Crippen molar-refractivity contribution in [2.24, 2.45) is 0 Å². The highest BCUT2D eigenvalue weighted by atomic mass is 19.2. The molecular weight excluding hydrogens is 376 g/mol. The van der Waals surface area contributed by atoms with E-state index in [-0.39, 0.29) is 5.91 Å². The molecule has 4 aromatic rings. The summed E-state index contributed by atoms with van der Waals surface area (Å²) in [5.74, 6) is -2.19. The van der Waals surface area contributed by atoms with Crippen LogP contribution in [0.5, 0.6) is 0 Å². The number of rotatable bonds is 3. The number of amides is 1. The third-order valence-corrected chi connectivity index (χ3v) is 5.32. The molecule has 0 bridgehead atoms. The van der Waals surface area contributed by atoms with Gasteiger partial charge in [-0.15, -0.1) is 0 Å². The molecule has 2 N–H and O–H groups in total. The van der Waals surface area contributed by atoms with Gasteiger partial charge in [-0.1, -0.05) is 0 Å². The lowest BCUT2D eigenvalue weighted by molar-refractivity contribution is 0.102. The number of nitrogens with zero attached hydrogens (tertiary/aromatic N) is 3. The number of carbonyl (C=O) groups is 1. The van der Waals surface area contributed by atoms with Crippen molar-refractivity contribution in [3.8, 4) is 5.69 Å². The van der Waals surface area contributed by atoms with Gasteiger partial charge in [-0.05, 0) is 56.0 Å². The van der Waals surface area contributed by atoms with Gasteiger partial charge in [-0.3, -0.25) is 9.89 Å². The van der Waals surface area contributed by atoms with Crippen LogP contribution in [0, 0.1) is 18.6 Å². The van der Waals surface area contributed by atoms with Crippen LogP contribution in [-0.2, 0) is 12.8 Å². The van der Waals surface area contributed by atoms with Gasteiger partial charge in [0.1, 0.15) is 0 Å². The molecule has 0 fully saturated rings. The first kappa shape index (κ1) is 17.5. The lowest BCUT2D eigenvalue weighted by Gasteiger charge is -2.07. The van der Waals surface area contributed by atoms with E-state index in [2.05, 4.69) is 20.6 Å². The molecule has 146 valence electrons. The third kappa shape index (κ3) is 2.88. The minimum absolute atomic E-state index is 0.310. The van der Waals surface area contributed by atoms with Crippen molar-refractivity contribution in [3.63, 3.8) is 0 Å². The number of H-pyrrole nitrogens is 1. The summed E-state index contributed by atoms with van der Waals surface area (Å²) in [4.78, 5) is 13.0. The highest BCUT2D eigenvalue weighted by Crippen LogP contribution is 2.29. The van der Waals surface area contributed by atoms with Gasteiger partial charge in [0.15, 0.2) is 17.3 Å². The van der Waals surface area contributed by atoms with Crippen LogP contribution in [0.2, 0.25) is 0 Å². The number of halogens is 2. The molecule has 1 amide bonds. The number of benzene rings is 2. The first-order chi connectivity index (χ1) is 14.0. The van der Waals surface area contributed by atoms with Crippen LogP contribution in [0.4, 0.5) is 14.5 Å². The van der Waals surface area contributed by atoms with E-state index in [4.69, 9.17) is 0 Å². The second kappa shape index (κ2) is 6.51. The van der Waals surface area contributed by atoms with E-state index in [9.17, 15) is 13.6 Å². The normalized spacial score (nSPS) is 13.1. The molecule has 1 aliphatic rings. The Balaban J connectivity index is 1.52. The van der Waals surface area contributed by atoms with Crippen LogP contribution in [0.15, 0.2) is 36.5 Å². The Hall–Kier alpha value is -3.55. The first-order valence-corrected chi connectivity index (χ1v) is 9.32. The number of hydrogen-bond donors (Lipinski definition) is 2. The van der Waals surface area contributed by atoms with Crippen molar-refractivity contribution in [2.75, 3.05) is 5.32 Å². The van der Waals surface area contributed by atoms with Crippen molar-refractivity contribution in [1.29, 1.82) is 0 Å². The van der Waals surface area contributed by atoms with Crippen molar-refractivity contribution in [3.05, 3.63) is 70.7 Å². The third-order valence-electron chi connectivity index (χ3n) is 5.32. The van der Waals surface area contributed by atoms with E-state index >= 15 is 0 Å². The summed E-state index contributed by atoms with van der Waals surface area (Å²) < 4.78 is 28.6. The maximum absolute atomic E-state index is 13.7. The zero-order valence-corrected chi connectivity index (χ0v) is 15.6. The lowest BCUT2D eigenvalue weighted by atomic mass is 10.1. The number of aryl methyl sites for hydroxylation is 1. The summed E-state index contributed by atoms with van der Waals surface area (Å²) in [5, 5.41) is 15.3. The zero-order valence-electron chi connectivity index (χ0n) is 15.6. The molecule has 29 heavy (non-hydrogen) atoms. The average Bonchev–Trinajstić information content (AvgIpc) is 3.40. The Morgan fingerprint density at radius 2 is 2.03 bits per heavy atom. The molecule has 0 radical (unpaired) electrons. The zero-order chi connectivity index (χ0) is 20.1. The highest BCUT2D eigenvalue weighted by Gasteiger charge is 2.27. The predicted molar refractivity (Wildman–Crippen MR) is 104 cm³/mol.